The van der Waals surface area contributed by atoms with Gasteiger partial charge in [-0.1, -0.05) is 6.08 Å². The molecule has 2 saturated heterocycles. The fourth-order valence-corrected chi connectivity index (χ4v) is 5.29. The zero-order valence-electron chi connectivity index (χ0n) is 29.0. The van der Waals surface area contributed by atoms with Crippen molar-refractivity contribution in [2.75, 3.05) is 19.8 Å². The molecule has 280 valence electrons. The van der Waals surface area contributed by atoms with Gasteiger partial charge in [0.1, 0.15) is 31.5 Å². The average molecular weight is 718 g/mol. The van der Waals surface area contributed by atoms with Crippen molar-refractivity contribution in [3.63, 3.8) is 0 Å². The van der Waals surface area contributed by atoms with E-state index in [9.17, 15) is 38.4 Å². The van der Waals surface area contributed by atoms with Crippen molar-refractivity contribution in [3.05, 3.63) is 12.7 Å². The first-order chi connectivity index (χ1) is 23.4. The summed E-state index contributed by atoms with van der Waals surface area (Å²) in [6.45, 7) is 10.9. The monoisotopic (exact) mass is 717 g/mol. The van der Waals surface area contributed by atoms with E-state index < -0.39 is 122 Å². The largest absolute Gasteiger partial charge is 0.463 e. The molecule has 0 spiro atoms. The Bertz CT molecular complexity index is 1300. The lowest BCUT2D eigenvalue weighted by atomic mass is 9.95. The molecule has 2 fully saturated rings. The number of rotatable bonds is 14. The van der Waals surface area contributed by atoms with Crippen LogP contribution in [0.3, 0.4) is 0 Å². The number of hydrogen-bond acceptors (Lipinski definition) is 18. The molecular formula is C31H43NO18. The molecule has 0 aromatic rings. The highest BCUT2D eigenvalue weighted by Crippen LogP contribution is 2.36. The number of esters is 7. The van der Waals surface area contributed by atoms with Gasteiger partial charge in [0.05, 0.1) is 0 Å². The highest BCUT2D eigenvalue weighted by atomic mass is 16.8. The maximum Gasteiger partial charge on any atom is 0.303 e. The van der Waals surface area contributed by atoms with E-state index in [-0.39, 0.29) is 6.54 Å². The Hall–Kier alpha value is -4.62. The van der Waals surface area contributed by atoms with Crippen LogP contribution in [0.2, 0.25) is 0 Å². The normalized spacial score (nSPS) is 28.9. The fraction of sp³-hybridized carbons (Fsp3) is 0.677. The van der Waals surface area contributed by atoms with Crippen molar-refractivity contribution in [1.82, 2.24) is 4.90 Å². The van der Waals surface area contributed by atoms with Crippen molar-refractivity contribution in [2.45, 2.75) is 117 Å². The Balaban J connectivity index is 2.81. The number of nitrogens with zero attached hydrogens (tertiary/aromatic N) is 1. The molecule has 19 heteroatoms. The fourth-order valence-electron chi connectivity index (χ4n) is 5.29. The van der Waals surface area contributed by atoms with Gasteiger partial charge >= 0.3 is 41.8 Å². The molecule has 0 radical (unpaired) electrons. The number of amides is 1. The molecule has 0 N–H and O–H groups in total. The van der Waals surface area contributed by atoms with Crippen LogP contribution in [0.15, 0.2) is 12.7 Å². The van der Waals surface area contributed by atoms with Gasteiger partial charge in [0, 0.05) is 61.9 Å². The smallest absolute Gasteiger partial charge is 0.303 e. The van der Waals surface area contributed by atoms with Gasteiger partial charge in [-0.3, -0.25) is 38.4 Å². The summed E-state index contributed by atoms with van der Waals surface area (Å²) in [5, 5.41) is 0. The summed E-state index contributed by atoms with van der Waals surface area (Å²) in [6.07, 6.45) is -14.5. The molecule has 0 saturated carbocycles. The lowest BCUT2D eigenvalue weighted by molar-refractivity contribution is -0.350. The van der Waals surface area contributed by atoms with Gasteiger partial charge in [-0.2, -0.15) is 0 Å². The summed E-state index contributed by atoms with van der Waals surface area (Å²) in [4.78, 5) is 99.2. The molecule has 0 aromatic heterocycles. The third kappa shape index (κ3) is 12.1. The number of hydrogen-bond donors (Lipinski definition) is 0. The van der Waals surface area contributed by atoms with E-state index in [4.69, 9.17) is 47.4 Å². The SMILES string of the molecule is C=CCN(C(C)=O)[C@@H]1O[C@@H](COC(C)=O)[C@@H](O[C@@H]2OC(COC(C)=O)[C@@H](OC(C)=O)[C@H](OC(C)=O)C2OC(C)=O)C(OC(C)=O)C1OC(C)=O. The zero-order valence-corrected chi connectivity index (χ0v) is 29.0. The molecular weight excluding hydrogens is 674 g/mol. The Morgan fingerprint density at radius 3 is 1.36 bits per heavy atom. The molecule has 0 bridgehead atoms. The first-order valence-corrected chi connectivity index (χ1v) is 15.3. The second-order valence-electron chi connectivity index (χ2n) is 11.1. The number of ether oxygens (including phenoxy) is 10. The van der Waals surface area contributed by atoms with Crippen molar-refractivity contribution in [1.29, 1.82) is 0 Å². The lowest BCUT2D eigenvalue weighted by Crippen LogP contribution is -2.69. The molecule has 0 aromatic carbocycles. The van der Waals surface area contributed by atoms with E-state index in [1.165, 1.54) is 13.0 Å². The van der Waals surface area contributed by atoms with Crippen LogP contribution in [0.25, 0.3) is 0 Å². The van der Waals surface area contributed by atoms with E-state index in [1.54, 1.807) is 0 Å². The van der Waals surface area contributed by atoms with Gasteiger partial charge in [0.25, 0.3) is 0 Å². The third-order valence-corrected chi connectivity index (χ3v) is 6.94. The first kappa shape index (κ1) is 41.6. The van der Waals surface area contributed by atoms with Gasteiger partial charge in [0.2, 0.25) is 5.91 Å². The van der Waals surface area contributed by atoms with E-state index in [1.807, 2.05) is 0 Å². The highest BCUT2D eigenvalue weighted by Gasteiger charge is 2.58. The molecule has 4 unspecified atom stereocenters. The second-order valence-corrected chi connectivity index (χ2v) is 11.1. The van der Waals surface area contributed by atoms with Crippen molar-refractivity contribution >= 4 is 47.7 Å². The predicted octanol–water partition coefficient (Wildman–Crippen LogP) is -0.359. The molecule has 2 aliphatic rings. The zero-order chi connectivity index (χ0) is 37.9. The Morgan fingerprint density at radius 1 is 0.540 bits per heavy atom. The number of carbonyl (C=O) groups is 8. The van der Waals surface area contributed by atoms with Crippen LogP contribution < -0.4 is 0 Å². The van der Waals surface area contributed by atoms with Crippen molar-refractivity contribution < 1.29 is 85.7 Å². The number of carbonyl (C=O) groups excluding carboxylic acids is 8. The average Bonchev–Trinajstić information content (AvgIpc) is 2.97. The van der Waals surface area contributed by atoms with Crippen LogP contribution in [-0.2, 0) is 85.7 Å². The highest BCUT2D eigenvalue weighted by molar-refractivity contribution is 5.74. The predicted molar refractivity (Wildman–Crippen MR) is 161 cm³/mol. The van der Waals surface area contributed by atoms with E-state index in [0.29, 0.717) is 0 Å². The van der Waals surface area contributed by atoms with Gasteiger partial charge in [-0.15, -0.1) is 6.58 Å². The molecule has 19 nitrogen and oxygen atoms in total. The standard InChI is InChI=1S/C31H43NO18/c1-10-11-32(14(2)33)30-28(46-20(8)39)26(44-18(6)37)25(22(48-30)12-41-15(3)34)50-31-29(47-21(9)40)27(45-19(7)38)24(43-17(5)36)23(49-31)13-42-16(4)35/h10,22-31H,1,11-13H2,2-9H3/t22-,23?,24+,25+,26?,27-,28?,29?,30+,31-/m0/s1. The van der Waals surface area contributed by atoms with Gasteiger partial charge in [-0.05, 0) is 0 Å². The minimum Gasteiger partial charge on any atom is -0.463 e. The van der Waals surface area contributed by atoms with Crippen LogP contribution >= 0.6 is 0 Å². The molecule has 0 aliphatic carbocycles. The Kier molecular flexibility index (Phi) is 15.8. The topological polar surface area (TPSA) is 232 Å². The Labute approximate surface area is 287 Å². The van der Waals surface area contributed by atoms with Gasteiger partial charge in [-0.25, -0.2) is 0 Å². The lowest BCUT2D eigenvalue weighted by Gasteiger charge is -2.50. The van der Waals surface area contributed by atoms with Gasteiger partial charge < -0.3 is 52.3 Å². The van der Waals surface area contributed by atoms with Crippen LogP contribution in [0.1, 0.15) is 55.4 Å². The van der Waals surface area contributed by atoms with Crippen molar-refractivity contribution in [3.8, 4) is 0 Å². The first-order valence-electron chi connectivity index (χ1n) is 15.3. The molecule has 10 atom stereocenters. The molecule has 2 aliphatic heterocycles. The van der Waals surface area contributed by atoms with Crippen LogP contribution in [0.5, 0.6) is 0 Å². The van der Waals surface area contributed by atoms with Crippen LogP contribution in [0.4, 0.5) is 0 Å². The molecule has 2 rings (SSSR count). The third-order valence-electron chi connectivity index (χ3n) is 6.94. The molecule has 2 heterocycles. The minimum atomic E-state index is -1.83. The molecule has 1 amide bonds. The summed E-state index contributed by atoms with van der Waals surface area (Å²) in [5.41, 5.74) is 0. The second kappa shape index (κ2) is 19.0. The maximum absolute atomic E-state index is 12.7. The summed E-state index contributed by atoms with van der Waals surface area (Å²) in [7, 11) is 0. The Morgan fingerprint density at radius 2 is 0.940 bits per heavy atom. The van der Waals surface area contributed by atoms with E-state index >= 15 is 0 Å². The summed E-state index contributed by atoms with van der Waals surface area (Å²) >= 11 is 0. The summed E-state index contributed by atoms with van der Waals surface area (Å²) in [6, 6.07) is 0. The summed E-state index contributed by atoms with van der Waals surface area (Å²) < 4.78 is 56.2. The maximum atomic E-state index is 12.7. The van der Waals surface area contributed by atoms with E-state index in [2.05, 4.69) is 6.58 Å². The van der Waals surface area contributed by atoms with Crippen LogP contribution in [-0.4, -0.2) is 134 Å². The van der Waals surface area contributed by atoms with Crippen LogP contribution in [0, 0.1) is 0 Å². The quantitative estimate of drug-likeness (QED) is 0.127. The summed E-state index contributed by atoms with van der Waals surface area (Å²) in [5.74, 6) is -6.61. The molecule has 50 heavy (non-hydrogen) atoms. The van der Waals surface area contributed by atoms with Gasteiger partial charge in [0.15, 0.2) is 43.0 Å². The van der Waals surface area contributed by atoms with Crippen molar-refractivity contribution in [2.24, 2.45) is 0 Å². The minimum absolute atomic E-state index is 0.129. The van der Waals surface area contributed by atoms with E-state index in [0.717, 1.165) is 53.4 Å².